The molecule has 0 radical (unpaired) electrons. The van der Waals surface area contributed by atoms with E-state index in [4.69, 9.17) is 5.73 Å². The molecule has 0 bridgehead atoms. The minimum atomic E-state index is -4.30. The Hall–Kier alpha value is -1.07. The second-order valence-electron chi connectivity index (χ2n) is 5.45. The molecule has 0 amide bonds. The number of nitrogens with two attached hydrogens (primary N) is 1. The third-order valence-electron chi connectivity index (χ3n) is 3.73. The first-order chi connectivity index (χ1) is 9.50. The summed E-state index contributed by atoms with van der Waals surface area (Å²) >= 11 is 0. The average Bonchev–Trinajstić information content (AvgIpc) is 3.22. The predicted octanol–water partition coefficient (Wildman–Crippen LogP) is 3.49. The van der Waals surface area contributed by atoms with Crippen LogP contribution in [0.2, 0.25) is 0 Å². The summed E-state index contributed by atoms with van der Waals surface area (Å²) in [5.74, 6) is 0.877. The van der Waals surface area contributed by atoms with Crippen molar-refractivity contribution in [3.63, 3.8) is 0 Å². The van der Waals surface area contributed by atoms with Gasteiger partial charge in [-0.2, -0.15) is 13.2 Å². The highest BCUT2D eigenvalue weighted by Crippen LogP contribution is 2.33. The number of alkyl halides is 3. The lowest BCUT2D eigenvalue weighted by molar-refractivity contribution is -0.137. The Balaban J connectivity index is 1.91. The van der Waals surface area contributed by atoms with E-state index in [1.165, 1.54) is 31.4 Å². The van der Waals surface area contributed by atoms with E-state index < -0.39 is 11.7 Å². The van der Waals surface area contributed by atoms with Crippen molar-refractivity contribution in [2.75, 3.05) is 13.1 Å². The minimum Gasteiger partial charge on any atom is -0.329 e. The van der Waals surface area contributed by atoms with Crippen LogP contribution in [0.3, 0.4) is 0 Å². The van der Waals surface area contributed by atoms with Crippen LogP contribution < -0.4 is 11.1 Å². The molecule has 2 rings (SSSR count). The van der Waals surface area contributed by atoms with Crippen molar-refractivity contribution in [3.8, 4) is 0 Å². The molecule has 3 N–H and O–H groups in total. The van der Waals surface area contributed by atoms with Crippen molar-refractivity contribution in [2.24, 2.45) is 11.7 Å². The van der Waals surface area contributed by atoms with Gasteiger partial charge in [-0.1, -0.05) is 25.0 Å². The van der Waals surface area contributed by atoms with Crippen molar-refractivity contribution in [1.82, 2.24) is 5.32 Å². The Labute approximate surface area is 117 Å². The predicted molar refractivity (Wildman–Crippen MR) is 73.2 cm³/mol. The average molecular weight is 286 g/mol. The molecule has 1 aliphatic rings. The van der Waals surface area contributed by atoms with Crippen LogP contribution in [0, 0.1) is 5.92 Å². The van der Waals surface area contributed by atoms with E-state index >= 15 is 0 Å². The van der Waals surface area contributed by atoms with Gasteiger partial charge in [0.1, 0.15) is 0 Å². The molecule has 1 aromatic rings. The monoisotopic (exact) mass is 286 g/mol. The first-order valence-electron chi connectivity index (χ1n) is 7.11. The highest BCUT2D eigenvalue weighted by atomic mass is 19.4. The highest BCUT2D eigenvalue weighted by Gasteiger charge is 2.30. The summed E-state index contributed by atoms with van der Waals surface area (Å²) in [5, 5.41) is 3.26. The molecule has 20 heavy (non-hydrogen) atoms. The summed E-state index contributed by atoms with van der Waals surface area (Å²) in [6.45, 7) is 1.10. The van der Waals surface area contributed by atoms with E-state index in [0.29, 0.717) is 12.1 Å². The number of hydrogen-bond acceptors (Lipinski definition) is 2. The van der Waals surface area contributed by atoms with Crippen molar-refractivity contribution < 1.29 is 13.2 Å². The van der Waals surface area contributed by atoms with Gasteiger partial charge in [0.15, 0.2) is 0 Å². The van der Waals surface area contributed by atoms with E-state index in [2.05, 4.69) is 5.32 Å². The van der Waals surface area contributed by atoms with E-state index in [9.17, 15) is 13.2 Å². The number of nitrogens with one attached hydrogen (secondary N) is 1. The SMILES string of the molecule is NCC(NCCCC1CC1)c1cccc(C(F)(F)F)c1. The van der Waals surface area contributed by atoms with Crippen LogP contribution in [-0.2, 0) is 6.18 Å². The number of benzene rings is 1. The Morgan fingerprint density at radius 2 is 2.05 bits per heavy atom. The molecule has 0 spiro atoms. The molecule has 1 unspecified atom stereocenters. The van der Waals surface area contributed by atoms with Crippen LogP contribution in [-0.4, -0.2) is 13.1 Å². The van der Waals surface area contributed by atoms with Gasteiger partial charge in [0.25, 0.3) is 0 Å². The fraction of sp³-hybridized carbons (Fsp3) is 0.600. The largest absolute Gasteiger partial charge is 0.416 e. The van der Waals surface area contributed by atoms with Gasteiger partial charge in [-0.15, -0.1) is 0 Å². The zero-order valence-corrected chi connectivity index (χ0v) is 11.4. The van der Waals surface area contributed by atoms with Gasteiger partial charge in [-0.3, -0.25) is 0 Å². The van der Waals surface area contributed by atoms with Crippen molar-refractivity contribution >= 4 is 0 Å². The maximum absolute atomic E-state index is 12.7. The van der Waals surface area contributed by atoms with Crippen LogP contribution in [0.1, 0.15) is 42.9 Å². The zero-order chi connectivity index (χ0) is 14.6. The van der Waals surface area contributed by atoms with Crippen LogP contribution in [0.25, 0.3) is 0 Å². The summed E-state index contributed by atoms with van der Waals surface area (Å²) in [4.78, 5) is 0. The Morgan fingerprint density at radius 3 is 2.65 bits per heavy atom. The molecule has 5 heteroatoms. The fourth-order valence-corrected chi connectivity index (χ4v) is 2.34. The molecular weight excluding hydrogens is 265 g/mol. The Bertz CT molecular complexity index is 427. The molecule has 0 aliphatic heterocycles. The maximum atomic E-state index is 12.7. The van der Waals surface area contributed by atoms with Crippen LogP contribution >= 0.6 is 0 Å². The molecule has 1 atom stereocenters. The third kappa shape index (κ3) is 4.49. The van der Waals surface area contributed by atoms with Crippen molar-refractivity contribution in [3.05, 3.63) is 35.4 Å². The molecule has 1 aliphatic carbocycles. The van der Waals surface area contributed by atoms with Gasteiger partial charge in [0, 0.05) is 12.6 Å². The lowest BCUT2D eigenvalue weighted by Gasteiger charge is -2.18. The van der Waals surface area contributed by atoms with Crippen molar-refractivity contribution in [2.45, 2.75) is 37.9 Å². The second kappa shape index (κ2) is 6.59. The Kier molecular flexibility index (Phi) is 5.05. The van der Waals surface area contributed by atoms with Gasteiger partial charge in [-0.25, -0.2) is 0 Å². The van der Waals surface area contributed by atoms with Crippen molar-refractivity contribution in [1.29, 1.82) is 0 Å². The normalized spacial score (nSPS) is 17.2. The second-order valence-corrected chi connectivity index (χ2v) is 5.45. The van der Waals surface area contributed by atoms with E-state index in [1.807, 2.05) is 0 Å². The molecule has 1 saturated carbocycles. The summed E-state index contributed by atoms with van der Waals surface area (Å²) < 4.78 is 38.1. The highest BCUT2D eigenvalue weighted by molar-refractivity contribution is 5.28. The van der Waals surface area contributed by atoms with Crippen LogP contribution in [0.4, 0.5) is 13.2 Å². The van der Waals surface area contributed by atoms with Crippen LogP contribution in [0.5, 0.6) is 0 Å². The lowest BCUT2D eigenvalue weighted by atomic mass is 10.0. The number of halogens is 3. The summed E-state index contributed by atoms with van der Waals surface area (Å²) in [7, 11) is 0. The molecule has 0 aromatic heterocycles. The lowest BCUT2D eigenvalue weighted by Crippen LogP contribution is -2.29. The number of hydrogen-bond donors (Lipinski definition) is 2. The number of rotatable bonds is 7. The Morgan fingerprint density at radius 1 is 1.30 bits per heavy atom. The van der Waals surface area contributed by atoms with Gasteiger partial charge < -0.3 is 11.1 Å². The van der Waals surface area contributed by atoms with Gasteiger partial charge in [0.05, 0.1) is 5.56 Å². The van der Waals surface area contributed by atoms with Crippen LogP contribution in [0.15, 0.2) is 24.3 Å². The maximum Gasteiger partial charge on any atom is 0.416 e. The molecule has 2 nitrogen and oxygen atoms in total. The molecule has 1 fully saturated rings. The van der Waals surface area contributed by atoms with E-state index in [-0.39, 0.29) is 6.04 Å². The third-order valence-corrected chi connectivity index (χ3v) is 3.73. The summed E-state index contributed by atoms with van der Waals surface area (Å²) in [5.41, 5.74) is 5.66. The fourth-order valence-electron chi connectivity index (χ4n) is 2.34. The quantitative estimate of drug-likeness (QED) is 0.753. The zero-order valence-electron chi connectivity index (χ0n) is 11.4. The first-order valence-corrected chi connectivity index (χ1v) is 7.11. The van der Waals surface area contributed by atoms with Gasteiger partial charge in [-0.05, 0) is 43.0 Å². The first kappa shape index (κ1) is 15.3. The van der Waals surface area contributed by atoms with E-state index in [0.717, 1.165) is 24.9 Å². The summed E-state index contributed by atoms with van der Waals surface area (Å²) in [6.07, 6.45) is 0.607. The van der Waals surface area contributed by atoms with E-state index in [1.54, 1.807) is 6.07 Å². The smallest absolute Gasteiger partial charge is 0.329 e. The minimum absolute atomic E-state index is 0.212. The standard InChI is InChI=1S/C15H21F3N2/c16-15(17,18)13-5-1-4-12(9-13)14(10-19)20-8-2-3-11-6-7-11/h1,4-5,9,11,14,20H,2-3,6-8,10,19H2. The topological polar surface area (TPSA) is 38.0 Å². The van der Waals surface area contributed by atoms with Gasteiger partial charge >= 0.3 is 6.18 Å². The summed E-state index contributed by atoms with van der Waals surface area (Å²) in [6, 6.07) is 5.19. The molecule has 1 aromatic carbocycles. The molecule has 0 saturated heterocycles. The van der Waals surface area contributed by atoms with Gasteiger partial charge in [0.2, 0.25) is 0 Å². The molecule has 112 valence electrons. The molecule has 0 heterocycles. The molecular formula is C15H21F3N2.